The minimum Gasteiger partial charge on any atom is -0.457 e. The van der Waals surface area contributed by atoms with E-state index in [-0.39, 0.29) is 59.2 Å². The van der Waals surface area contributed by atoms with Crippen molar-refractivity contribution in [1.82, 2.24) is 5.32 Å². The van der Waals surface area contributed by atoms with Crippen LogP contribution in [0.2, 0.25) is 20.1 Å². The SMILES string of the molecule is O=C1NC(=S)N(c2cccc(Cl)c2Cl)C(=O)/C1=C/c1ccc(-c2cc([N+](=O)[O-])c(Cl)cc2Cl)o1. The molecule has 2 amide bonds. The van der Waals surface area contributed by atoms with Gasteiger partial charge in [0.05, 0.1) is 25.7 Å². The molecule has 1 aliphatic rings. The molecule has 0 aliphatic carbocycles. The Morgan fingerprint density at radius 3 is 2.47 bits per heavy atom. The number of nitro benzene ring substituents is 1. The number of nitro groups is 1. The van der Waals surface area contributed by atoms with E-state index in [1.54, 1.807) is 6.07 Å². The molecule has 13 heteroatoms. The lowest BCUT2D eigenvalue weighted by Crippen LogP contribution is -2.54. The Bertz CT molecular complexity index is 1440. The van der Waals surface area contributed by atoms with Crippen molar-refractivity contribution in [2.24, 2.45) is 0 Å². The molecular weight excluding hydrogens is 548 g/mol. The number of amides is 2. The van der Waals surface area contributed by atoms with Gasteiger partial charge in [0.1, 0.15) is 22.1 Å². The summed E-state index contributed by atoms with van der Waals surface area (Å²) >= 11 is 29.5. The molecule has 34 heavy (non-hydrogen) atoms. The van der Waals surface area contributed by atoms with Gasteiger partial charge < -0.3 is 4.42 Å². The van der Waals surface area contributed by atoms with Crippen LogP contribution in [0.4, 0.5) is 11.4 Å². The smallest absolute Gasteiger partial charge is 0.288 e. The van der Waals surface area contributed by atoms with Gasteiger partial charge in [-0.1, -0.05) is 52.5 Å². The van der Waals surface area contributed by atoms with Crippen LogP contribution in [0.5, 0.6) is 0 Å². The van der Waals surface area contributed by atoms with Crippen molar-refractivity contribution < 1.29 is 18.9 Å². The molecule has 1 saturated heterocycles. The van der Waals surface area contributed by atoms with Crippen LogP contribution in [-0.2, 0) is 9.59 Å². The van der Waals surface area contributed by atoms with Gasteiger partial charge in [-0.2, -0.15) is 0 Å². The first-order chi connectivity index (χ1) is 16.1. The molecule has 0 unspecified atom stereocenters. The van der Waals surface area contributed by atoms with E-state index in [1.807, 2.05) is 0 Å². The summed E-state index contributed by atoms with van der Waals surface area (Å²) in [6.07, 6.45) is 1.20. The van der Waals surface area contributed by atoms with E-state index in [2.05, 4.69) is 5.32 Å². The van der Waals surface area contributed by atoms with Crippen molar-refractivity contribution in [3.8, 4) is 11.3 Å². The summed E-state index contributed by atoms with van der Waals surface area (Å²) in [7, 11) is 0. The maximum atomic E-state index is 13.2. The average Bonchev–Trinajstić information content (AvgIpc) is 3.22. The highest BCUT2D eigenvalue weighted by Crippen LogP contribution is 2.38. The molecule has 2 aromatic carbocycles. The maximum Gasteiger partial charge on any atom is 0.288 e. The number of nitrogens with zero attached hydrogens (tertiary/aromatic N) is 2. The molecule has 172 valence electrons. The van der Waals surface area contributed by atoms with Gasteiger partial charge in [0.2, 0.25) is 0 Å². The number of hydrogen-bond acceptors (Lipinski definition) is 6. The fourth-order valence-electron chi connectivity index (χ4n) is 3.13. The highest BCUT2D eigenvalue weighted by molar-refractivity contribution is 7.80. The molecule has 8 nitrogen and oxygen atoms in total. The molecular formula is C21H9Cl4N3O5S. The van der Waals surface area contributed by atoms with Crippen molar-refractivity contribution in [1.29, 1.82) is 0 Å². The lowest BCUT2D eigenvalue weighted by atomic mass is 10.1. The van der Waals surface area contributed by atoms with E-state index in [9.17, 15) is 19.7 Å². The van der Waals surface area contributed by atoms with Crippen molar-refractivity contribution in [3.63, 3.8) is 0 Å². The molecule has 0 bridgehead atoms. The monoisotopic (exact) mass is 555 g/mol. The first kappa shape index (κ1) is 24.2. The second-order valence-corrected chi connectivity index (χ2v) is 8.76. The normalized spacial score (nSPS) is 15.1. The van der Waals surface area contributed by atoms with Crippen molar-refractivity contribution >= 4 is 93.0 Å². The summed E-state index contributed by atoms with van der Waals surface area (Å²) in [5, 5.41) is 13.7. The number of furan rings is 1. The molecule has 2 heterocycles. The number of carbonyl (C=O) groups is 2. The Labute approximate surface area is 216 Å². The van der Waals surface area contributed by atoms with Crippen LogP contribution >= 0.6 is 58.6 Å². The van der Waals surface area contributed by atoms with E-state index in [0.717, 1.165) is 4.90 Å². The lowest BCUT2D eigenvalue weighted by Gasteiger charge is -2.29. The number of carbonyl (C=O) groups excluding carboxylic acids is 2. The molecule has 1 N–H and O–H groups in total. The largest absolute Gasteiger partial charge is 0.457 e. The first-order valence-corrected chi connectivity index (χ1v) is 11.1. The molecule has 3 aromatic rings. The molecule has 0 radical (unpaired) electrons. The number of thiocarbonyl (C=S) groups is 1. The highest BCUT2D eigenvalue weighted by atomic mass is 35.5. The third-order valence-corrected chi connectivity index (χ3v) is 6.39. The zero-order chi connectivity index (χ0) is 24.7. The van der Waals surface area contributed by atoms with Crippen LogP contribution in [0.15, 0.2) is 52.5 Å². The van der Waals surface area contributed by atoms with Crippen LogP contribution in [0.1, 0.15) is 5.76 Å². The Balaban J connectivity index is 1.73. The molecule has 1 aromatic heterocycles. The highest BCUT2D eigenvalue weighted by Gasteiger charge is 2.36. The molecule has 1 aliphatic heterocycles. The average molecular weight is 557 g/mol. The predicted octanol–water partition coefficient (Wildman–Crippen LogP) is 6.30. The Hall–Kier alpha value is -2.95. The number of nitrogens with one attached hydrogen (secondary N) is 1. The van der Waals surface area contributed by atoms with E-state index in [4.69, 9.17) is 63.0 Å². The molecule has 4 rings (SSSR count). The molecule has 1 fully saturated rings. The van der Waals surface area contributed by atoms with Crippen molar-refractivity contribution in [3.05, 3.63) is 84.0 Å². The third-order valence-electron chi connectivity index (χ3n) is 4.69. The number of halogens is 4. The number of hydrogen-bond donors (Lipinski definition) is 1. The zero-order valence-corrected chi connectivity index (χ0v) is 20.3. The number of anilines is 1. The minimum atomic E-state index is -0.754. The van der Waals surface area contributed by atoms with Crippen LogP contribution in [0.3, 0.4) is 0 Å². The topological polar surface area (TPSA) is 106 Å². The molecule has 0 spiro atoms. The van der Waals surface area contributed by atoms with Crippen molar-refractivity contribution in [2.45, 2.75) is 0 Å². The van der Waals surface area contributed by atoms with Gasteiger partial charge in [-0.15, -0.1) is 0 Å². The Kier molecular flexibility index (Phi) is 6.66. The summed E-state index contributed by atoms with van der Waals surface area (Å²) in [5.41, 5.74) is -0.258. The summed E-state index contributed by atoms with van der Waals surface area (Å²) in [6, 6.07) is 9.97. The van der Waals surface area contributed by atoms with Gasteiger partial charge in [0, 0.05) is 11.6 Å². The fourth-order valence-corrected chi connectivity index (χ4v) is 4.32. The summed E-state index contributed by atoms with van der Waals surface area (Å²) < 4.78 is 5.68. The standard InChI is InChI=1S/C21H9Cl4N3O5S/c22-12-2-1-3-15(18(12)25)27-20(30)11(19(29)26-21(27)34)6-9-4-5-17(33-9)10-7-16(28(31)32)14(24)8-13(10)23/h1-8H,(H,26,29,34)/b11-6+. The van der Waals surface area contributed by atoms with Gasteiger partial charge in [0.15, 0.2) is 5.11 Å². The number of benzene rings is 2. The first-order valence-electron chi connectivity index (χ1n) is 9.17. The Morgan fingerprint density at radius 1 is 1.03 bits per heavy atom. The summed E-state index contributed by atoms with van der Waals surface area (Å²) in [4.78, 5) is 37.3. The second-order valence-electron chi connectivity index (χ2n) is 6.77. The van der Waals surface area contributed by atoms with E-state index >= 15 is 0 Å². The third kappa shape index (κ3) is 4.40. The second kappa shape index (κ2) is 9.36. The minimum absolute atomic E-state index is 0.0784. The van der Waals surface area contributed by atoms with Gasteiger partial charge in [-0.25, -0.2) is 0 Å². The zero-order valence-electron chi connectivity index (χ0n) is 16.5. The fraction of sp³-hybridized carbons (Fsp3) is 0. The van der Waals surface area contributed by atoms with Gasteiger partial charge >= 0.3 is 0 Å². The van der Waals surface area contributed by atoms with Crippen LogP contribution in [0.25, 0.3) is 17.4 Å². The van der Waals surface area contributed by atoms with Gasteiger partial charge in [-0.3, -0.25) is 29.9 Å². The van der Waals surface area contributed by atoms with Gasteiger partial charge in [-0.05, 0) is 48.6 Å². The van der Waals surface area contributed by atoms with Crippen LogP contribution in [-0.4, -0.2) is 21.9 Å². The molecule has 0 atom stereocenters. The number of rotatable bonds is 4. The maximum absolute atomic E-state index is 13.2. The van der Waals surface area contributed by atoms with Crippen molar-refractivity contribution in [2.75, 3.05) is 4.90 Å². The molecule has 0 saturated carbocycles. The lowest BCUT2D eigenvalue weighted by molar-refractivity contribution is -0.384. The quantitative estimate of drug-likeness (QED) is 0.133. The Morgan fingerprint density at radius 2 is 1.76 bits per heavy atom. The van der Waals surface area contributed by atoms with E-state index in [1.165, 1.54) is 42.5 Å². The van der Waals surface area contributed by atoms with Gasteiger partial charge in [0.25, 0.3) is 17.5 Å². The van der Waals surface area contributed by atoms with E-state index < -0.39 is 16.7 Å². The van der Waals surface area contributed by atoms with Crippen LogP contribution < -0.4 is 10.2 Å². The van der Waals surface area contributed by atoms with Crippen LogP contribution in [0, 0.1) is 10.1 Å². The van der Waals surface area contributed by atoms with E-state index in [0.29, 0.717) is 0 Å². The predicted molar refractivity (Wildman–Crippen MR) is 133 cm³/mol. The summed E-state index contributed by atoms with van der Waals surface area (Å²) in [6.45, 7) is 0. The summed E-state index contributed by atoms with van der Waals surface area (Å²) in [5.74, 6) is -1.24.